The Morgan fingerprint density at radius 1 is 1.03 bits per heavy atom. The summed E-state index contributed by atoms with van der Waals surface area (Å²) in [4.78, 5) is 24.6. The molecule has 154 valence electrons. The Labute approximate surface area is 176 Å². The lowest BCUT2D eigenvalue weighted by molar-refractivity contribution is -0.115. The predicted molar refractivity (Wildman–Crippen MR) is 110 cm³/mol. The minimum atomic E-state index is -0.409. The molecule has 0 saturated heterocycles. The third-order valence-electron chi connectivity index (χ3n) is 4.05. The van der Waals surface area contributed by atoms with Crippen molar-refractivity contribution in [2.45, 2.75) is 18.1 Å². The zero-order valence-corrected chi connectivity index (χ0v) is 16.7. The van der Waals surface area contributed by atoms with Gasteiger partial charge in [0.05, 0.1) is 12.2 Å². The van der Waals surface area contributed by atoms with E-state index in [9.17, 15) is 18.4 Å². The van der Waals surface area contributed by atoms with Gasteiger partial charge in [0.25, 0.3) is 0 Å². The van der Waals surface area contributed by atoms with Crippen LogP contribution in [0.15, 0.2) is 66.3 Å². The van der Waals surface area contributed by atoms with Crippen molar-refractivity contribution in [3.63, 3.8) is 0 Å². The number of carbonyl (C=O) groups is 2. The van der Waals surface area contributed by atoms with E-state index >= 15 is 0 Å². The summed E-state index contributed by atoms with van der Waals surface area (Å²) in [7, 11) is 0. The minimum Gasteiger partial charge on any atom is -0.326 e. The second-order valence-electron chi connectivity index (χ2n) is 6.25. The standard InChI is InChI=1S/C21H18F2N4O2S/c1-2-11-27-19(12-20(29)24-17-9-7-16(23)8-10-17)25-26-21(27)30-13-18(28)14-3-5-15(22)6-4-14/h2-10H,1,11-13H2,(H,24,29). The zero-order valence-electron chi connectivity index (χ0n) is 15.8. The first-order chi connectivity index (χ1) is 14.5. The fraction of sp³-hybridized carbons (Fsp3) is 0.143. The number of aromatic nitrogens is 3. The minimum absolute atomic E-state index is 0.0509. The molecule has 3 rings (SSSR count). The van der Waals surface area contributed by atoms with Gasteiger partial charge in [-0.15, -0.1) is 16.8 Å². The Morgan fingerprint density at radius 2 is 1.67 bits per heavy atom. The molecule has 3 aromatic rings. The van der Waals surface area contributed by atoms with E-state index < -0.39 is 11.6 Å². The van der Waals surface area contributed by atoms with Crippen LogP contribution in [0.25, 0.3) is 0 Å². The van der Waals surface area contributed by atoms with Gasteiger partial charge >= 0.3 is 0 Å². The van der Waals surface area contributed by atoms with Gasteiger partial charge < -0.3 is 9.88 Å². The van der Waals surface area contributed by atoms with Crippen LogP contribution in [0.3, 0.4) is 0 Å². The highest BCUT2D eigenvalue weighted by Gasteiger charge is 2.17. The Kier molecular flexibility index (Phi) is 7.08. The number of carbonyl (C=O) groups excluding carboxylic acids is 2. The van der Waals surface area contributed by atoms with Crippen molar-refractivity contribution in [1.82, 2.24) is 14.8 Å². The van der Waals surface area contributed by atoms with Crippen LogP contribution in [0.5, 0.6) is 0 Å². The summed E-state index contributed by atoms with van der Waals surface area (Å²) < 4.78 is 27.7. The normalized spacial score (nSPS) is 10.6. The molecule has 0 unspecified atom stereocenters. The van der Waals surface area contributed by atoms with Crippen LogP contribution in [0, 0.1) is 11.6 Å². The van der Waals surface area contributed by atoms with Gasteiger partial charge in [-0.1, -0.05) is 17.8 Å². The summed E-state index contributed by atoms with van der Waals surface area (Å²) >= 11 is 1.17. The average molecular weight is 428 g/mol. The molecule has 1 heterocycles. The Bertz CT molecular complexity index is 1050. The molecule has 0 aliphatic rings. The fourth-order valence-corrected chi connectivity index (χ4v) is 3.46. The van der Waals surface area contributed by atoms with Crippen LogP contribution in [0.4, 0.5) is 14.5 Å². The third kappa shape index (κ3) is 5.60. The van der Waals surface area contributed by atoms with E-state index in [0.717, 1.165) is 0 Å². The summed E-state index contributed by atoms with van der Waals surface area (Å²) in [6, 6.07) is 10.8. The van der Waals surface area contributed by atoms with Crippen LogP contribution in [-0.2, 0) is 17.8 Å². The molecule has 6 nitrogen and oxygen atoms in total. The molecule has 30 heavy (non-hydrogen) atoms. The van der Waals surface area contributed by atoms with Gasteiger partial charge in [-0.3, -0.25) is 9.59 Å². The Balaban J connectivity index is 1.65. The van der Waals surface area contributed by atoms with E-state index in [1.165, 1.54) is 60.3 Å². The fourth-order valence-electron chi connectivity index (χ4n) is 2.60. The molecular formula is C21H18F2N4O2S. The molecule has 9 heteroatoms. The lowest BCUT2D eigenvalue weighted by Gasteiger charge is -2.08. The number of Topliss-reactive ketones (excluding diaryl/α,β-unsaturated/α-hetero) is 1. The van der Waals surface area contributed by atoms with E-state index in [0.29, 0.717) is 28.8 Å². The number of benzene rings is 2. The van der Waals surface area contributed by atoms with Gasteiger partial charge in [-0.25, -0.2) is 8.78 Å². The lowest BCUT2D eigenvalue weighted by Crippen LogP contribution is -2.18. The first-order valence-electron chi connectivity index (χ1n) is 8.96. The molecule has 0 saturated carbocycles. The van der Waals surface area contributed by atoms with Gasteiger partial charge in [0, 0.05) is 17.8 Å². The van der Waals surface area contributed by atoms with Crippen LogP contribution in [-0.4, -0.2) is 32.2 Å². The molecule has 1 amide bonds. The molecule has 0 fully saturated rings. The topological polar surface area (TPSA) is 76.9 Å². The number of nitrogens with zero attached hydrogens (tertiary/aromatic N) is 3. The van der Waals surface area contributed by atoms with E-state index in [-0.39, 0.29) is 23.9 Å². The SMILES string of the molecule is C=CCn1c(CC(=O)Nc2ccc(F)cc2)nnc1SCC(=O)c1ccc(F)cc1. The molecular weight excluding hydrogens is 410 g/mol. The van der Waals surface area contributed by atoms with E-state index in [2.05, 4.69) is 22.1 Å². The van der Waals surface area contributed by atoms with Gasteiger partial charge in [0.1, 0.15) is 17.5 Å². The molecule has 0 atom stereocenters. The maximum Gasteiger partial charge on any atom is 0.232 e. The van der Waals surface area contributed by atoms with Crippen LogP contribution >= 0.6 is 11.8 Å². The van der Waals surface area contributed by atoms with Crippen molar-refractivity contribution < 1.29 is 18.4 Å². The molecule has 1 N–H and O–H groups in total. The number of hydrogen-bond acceptors (Lipinski definition) is 5. The summed E-state index contributed by atoms with van der Waals surface area (Å²) in [6.07, 6.45) is 1.58. The molecule has 1 aromatic heterocycles. The van der Waals surface area contributed by atoms with Crippen molar-refractivity contribution in [3.05, 3.63) is 84.2 Å². The summed E-state index contributed by atoms with van der Waals surface area (Å²) in [5.41, 5.74) is 0.869. The number of rotatable bonds is 9. The number of hydrogen-bond donors (Lipinski definition) is 1. The number of amides is 1. The van der Waals surface area contributed by atoms with Crippen LogP contribution in [0.2, 0.25) is 0 Å². The maximum atomic E-state index is 13.0. The number of anilines is 1. The lowest BCUT2D eigenvalue weighted by atomic mass is 10.1. The number of ketones is 1. The van der Waals surface area contributed by atoms with Crippen molar-refractivity contribution >= 4 is 29.1 Å². The molecule has 2 aromatic carbocycles. The predicted octanol–water partition coefficient (Wildman–Crippen LogP) is 3.90. The Hall–Kier alpha value is -3.33. The number of nitrogens with one attached hydrogen (secondary N) is 1. The Morgan fingerprint density at radius 3 is 2.30 bits per heavy atom. The number of allylic oxidation sites excluding steroid dienone is 1. The number of halogens is 2. The smallest absolute Gasteiger partial charge is 0.232 e. The largest absolute Gasteiger partial charge is 0.326 e. The first-order valence-corrected chi connectivity index (χ1v) is 9.95. The highest BCUT2D eigenvalue weighted by molar-refractivity contribution is 7.99. The van der Waals surface area contributed by atoms with Gasteiger partial charge in [0.2, 0.25) is 5.91 Å². The van der Waals surface area contributed by atoms with Crippen molar-refractivity contribution in [1.29, 1.82) is 0 Å². The summed E-state index contributed by atoms with van der Waals surface area (Å²) in [5, 5.41) is 11.3. The van der Waals surface area contributed by atoms with Crippen molar-refractivity contribution in [2.75, 3.05) is 11.1 Å². The maximum absolute atomic E-state index is 13.0. The van der Waals surface area contributed by atoms with Crippen molar-refractivity contribution in [2.24, 2.45) is 0 Å². The highest BCUT2D eigenvalue weighted by atomic mass is 32.2. The van der Waals surface area contributed by atoms with E-state index in [1.54, 1.807) is 10.6 Å². The summed E-state index contributed by atoms with van der Waals surface area (Å²) in [6.45, 7) is 4.06. The van der Waals surface area contributed by atoms with Gasteiger partial charge in [0.15, 0.2) is 10.9 Å². The highest BCUT2D eigenvalue weighted by Crippen LogP contribution is 2.20. The first kappa shape index (κ1) is 21.4. The summed E-state index contributed by atoms with van der Waals surface area (Å²) in [5.74, 6) is -0.819. The number of thioether (sulfide) groups is 1. The zero-order chi connectivity index (χ0) is 21.5. The van der Waals surface area contributed by atoms with Gasteiger partial charge in [-0.2, -0.15) is 0 Å². The second-order valence-corrected chi connectivity index (χ2v) is 7.19. The quantitative estimate of drug-likeness (QED) is 0.318. The molecule has 0 radical (unpaired) electrons. The van der Waals surface area contributed by atoms with Crippen LogP contribution < -0.4 is 5.32 Å². The van der Waals surface area contributed by atoms with E-state index in [1.807, 2.05) is 0 Å². The van der Waals surface area contributed by atoms with Crippen molar-refractivity contribution in [3.8, 4) is 0 Å². The third-order valence-corrected chi connectivity index (χ3v) is 5.02. The van der Waals surface area contributed by atoms with E-state index in [4.69, 9.17) is 0 Å². The van der Waals surface area contributed by atoms with Crippen LogP contribution in [0.1, 0.15) is 16.2 Å². The monoisotopic (exact) mass is 428 g/mol. The van der Waals surface area contributed by atoms with Gasteiger partial charge in [-0.05, 0) is 48.5 Å². The molecule has 0 aliphatic heterocycles. The molecule has 0 spiro atoms. The molecule has 0 bridgehead atoms. The average Bonchev–Trinajstić information content (AvgIpc) is 3.10. The second kappa shape index (κ2) is 9.93. The molecule has 0 aliphatic carbocycles.